The summed E-state index contributed by atoms with van der Waals surface area (Å²) in [6.45, 7) is 0. The van der Waals surface area contributed by atoms with E-state index < -0.39 is 45.6 Å². The molecule has 3 N–H and O–H groups in total. The SMILES string of the molecule is O=C(NNc1ncnc(Nc2ccccc2C(F)(F)F)c1[N+](=O)[O-])c1ccc(Cl)cc1. The van der Waals surface area contributed by atoms with Gasteiger partial charge in [0.05, 0.1) is 16.2 Å². The summed E-state index contributed by atoms with van der Waals surface area (Å²) in [6, 6.07) is 10.2. The Bertz CT molecular complexity index is 1130. The van der Waals surface area contributed by atoms with Crippen LogP contribution in [0.5, 0.6) is 0 Å². The van der Waals surface area contributed by atoms with E-state index in [2.05, 4.69) is 26.1 Å². The van der Waals surface area contributed by atoms with E-state index in [9.17, 15) is 28.1 Å². The summed E-state index contributed by atoms with van der Waals surface area (Å²) < 4.78 is 39.6. The highest BCUT2D eigenvalue weighted by molar-refractivity contribution is 6.30. The summed E-state index contributed by atoms with van der Waals surface area (Å²) >= 11 is 5.75. The Labute approximate surface area is 177 Å². The first-order valence-corrected chi connectivity index (χ1v) is 8.79. The number of nitrogens with zero attached hydrogens (tertiary/aromatic N) is 3. The van der Waals surface area contributed by atoms with Crippen molar-refractivity contribution in [1.29, 1.82) is 0 Å². The number of hydrogen-bond donors (Lipinski definition) is 3. The van der Waals surface area contributed by atoms with Gasteiger partial charge in [-0.1, -0.05) is 23.7 Å². The molecule has 1 heterocycles. The van der Waals surface area contributed by atoms with Gasteiger partial charge in [0.15, 0.2) is 0 Å². The van der Waals surface area contributed by atoms with Gasteiger partial charge in [0.2, 0.25) is 11.6 Å². The van der Waals surface area contributed by atoms with E-state index in [1.807, 2.05) is 0 Å². The van der Waals surface area contributed by atoms with Crippen molar-refractivity contribution in [3.63, 3.8) is 0 Å². The van der Waals surface area contributed by atoms with E-state index in [4.69, 9.17) is 11.6 Å². The van der Waals surface area contributed by atoms with Gasteiger partial charge in [0.25, 0.3) is 5.91 Å². The number of aromatic nitrogens is 2. The fourth-order valence-corrected chi connectivity index (χ4v) is 2.62. The number of hydrazine groups is 1. The van der Waals surface area contributed by atoms with Crippen molar-refractivity contribution < 1.29 is 22.9 Å². The highest BCUT2D eigenvalue weighted by Crippen LogP contribution is 2.38. The number of amides is 1. The maximum absolute atomic E-state index is 13.2. The zero-order chi connectivity index (χ0) is 22.6. The number of carbonyl (C=O) groups is 1. The van der Waals surface area contributed by atoms with Crippen molar-refractivity contribution in [2.24, 2.45) is 0 Å². The van der Waals surface area contributed by atoms with Crippen LogP contribution in [0.1, 0.15) is 15.9 Å². The predicted molar refractivity (Wildman–Crippen MR) is 106 cm³/mol. The van der Waals surface area contributed by atoms with Gasteiger partial charge >= 0.3 is 11.9 Å². The van der Waals surface area contributed by atoms with Crippen LogP contribution in [0.4, 0.5) is 36.2 Å². The lowest BCUT2D eigenvalue weighted by Crippen LogP contribution is -2.30. The summed E-state index contributed by atoms with van der Waals surface area (Å²) in [5.74, 6) is -1.59. The lowest BCUT2D eigenvalue weighted by molar-refractivity contribution is -0.383. The second kappa shape index (κ2) is 8.83. The number of anilines is 3. The Balaban J connectivity index is 1.88. The third kappa shape index (κ3) is 5.17. The third-order valence-corrected chi connectivity index (χ3v) is 4.14. The molecule has 13 heteroatoms. The molecule has 0 atom stereocenters. The Kier molecular flexibility index (Phi) is 6.20. The van der Waals surface area contributed by atoms with Crippen molar-refractivity contribution >= 4 is 40.5 Å². The average molecular weight is 453 g/mol. The first kappa shape index (κ1) is 21.8. The minimum Gasteiger partial charge on any atom is -0.334 e. The van der Waals surface area contributed by atoms with E-state index in [1.54, 1.807) is 0 Å². The van der Waals surface area contributed by atoms with Crippen LogP contribution < -0.4 is 16.2 Å². The van der Waals surface area contributed by atoms with Crippen molar-refractivity contribution in [1.82, 2.24) is 15.4 Å². The normalized spacial score (nSPS) is 11.0. The number of rotatable bonds is 6. The Morgan fingerprint density at radius 1 is 1.03 bits per heavy atom. The predicted octanol–water partition coefficient (Wildman–Crippen LogP) is 4.56. The Morgan fingerprint density at radius 3 is 2.32 bits per heavy atom. The molecule has 0 saturated carbocycles. The maximum Gasteiger partial charge on any atom is 0.418 e. The fourth-order valence-electron chi connectivity index (χ4n) is 2.49. The van der Waals surface area contributed by atoms with Gasteiger partial charge in [-0.25, -0.2) is 9.97 Å². The van der Waals surface area contributed by atoms with E-state index in [0.29, 0.717) is 5.02 Å². The Morgan fingerprint density at radius 2 is 1.68 bits per heavy atom. The van der Waals surface area contributed by atoms with E-state index >= 15 is 0 Å². The molecular weight excluding hydrogens is 441 g/mol. The number of carbonyl (C=O) groups excluding carboxylic acids is 1. The van der Waals surface area contributed by atoms with Gasteiger partial charge in [-0.3, -0.25) is 25.8 Å². The van der Waals surface area contributed by atoms with Crippen LogP contribution in [0.2, 0.25) is 5.02 Å². The zero-order valence-electron chi connectivity index (χ0n) is 15.3. The summed E-state index contributed by atoms with van der Waals surface area (Å²) in [4.78, 5) is 30.2. The molecule has 0 aliphatic rings. The summed E-state index contributed by atoms with van der Waals surface area (Å²) in [5.41, 5.74) is 2.47. The number of benzene rings is 2. The quantitative estimate of drug-likeness (QED) is 0.370. The molecule has 3 rings (SSSR count). The van der Waals surface area contributed by atoms with Gasteiger partial charge in [-0.15, -0.1) is 0 Å². The van der Waals surface area contributed by atoms with Crippen molar-refractivity contribution in [2.75, 3.05) is 10.7 Å². The molecule has 0 spiro atoms. The van der Waals surface area contributed by atoms with Crippen LogP contribution in [-0.2, 0) is 6.18 Å². The monoisotopic (exact) mass is 452 g/mol. The largest absolute Gasteiger partial charge is 0.418 e. The molecule has 0 saturated heterocycles. The van der Waals surface area contributed by atoms with Gasteiger partial charge in [0, 0.05) is 10.6 Å². The van der Waals surface area contributed by atoms with Gasteiger partial charge in [-0.05, 0) is 36.4 Å². The maximum atomic E-state index is 13.2. The first-order valence-electron chi connectivity index (χ1n) is 8.41. The molecule has 0 bridgehead atoms. The highest BCUT2D eigenvalue weighted by Gasteiger charge is 2.34. The van der Waals surface area contributed by atoms with Crippen LogP contribution in [0, 0.1) is 10.1 Å². The van der Waals surface area contributed by atoms with E-state index in [0.717, 1.165) is 18.5 Å². The van der Waals surface area contributed by atoms with Crippen molar-refractivity contribution in [2.45, 2.75) is 6.18 Å². The van der Waals surface area contributed by atoms with E-state index in [-0.39, 0.29) is 5.56 Å². The van der Waals surface area contributed by atoms with Crippen molar-refractivity contribution in [3.05, 3.63) is 81.1 Å². The minimum atomic E-state index is -4.70. The topological polar surface area (TPSA) is 122 Å². The number of halogens is 4. The average Bonchev–Trinajstić information content (AvgIpc) is 2.72. The number of nitro groups is 1. The molecule has 3 aromatic rings. The molecule has 9 nitrogen and oxygen atoms in total. The van der Waals surface area contributed by atoms with Crippen LogP contribution in [-0.4, -0.2) is 20.8 Å². The van der Waals surface area contributed by atoms with Gasteiger partial charge < -0.3 is 5.32 Å². The van der Waals surface area contributed by atoms with Gasteiger partial charge in [-0.2, -0.15) is 13.2 Å². The lowest BCUT2D eigenvalue weighted by atomic mass is 10.1. The molecule has 1 aromatic heterocycles. The smallest absolute Gasteiger partial charge is 0.334 e. The first-order chi connectivity index (χ1) is 14.7. The molecule has 0 aliphatic carbocycles. The molecule has 2 aromatic carbocycles. The summed E-state index contributed by atoms with van der Waals surface area (Å²) in [5, 5.41) is 14.3. The zero-order valence-corrected chi connectivity index (χ0v) is 16.0. The number of hydrogen-bond acceptors (Lipinski definition) is 7. The van der Waals surface area contributed by atoms with Crippen molar-refractivity contribution in [3.8, 4) is 0 Å². The lowest BCUT2D eigenvalue weighted by Gasteiger charge is -2.14. The van der Waals surface area contributed by atoms with Gasteiger partial charge in [0.1, 0.15) is 6.33 Å². The fraction of sp³-hybridized carbons (Fsp3) is 0.0556. The summed E-state index contributed by atoms with van der Waals surface area (Å²) in [7, 11) is 0. The van der Waals surface area contributed by atoms with E-state index in [1.165, 1.54) is 36.4 Å². The molecule has 160 valence electrons. The molecule has 31 heavy (non-hydrogen) atoms. The van der Waals surface area contributed by atoms with Crippen LogP contribution >= 0.6 is 11.6 Å². The molecule has 1 amide bonds. The standard InChI is InChI=1S/C18H12ClF3N6O3/c19-11-7-5-10(6-8-11)17(29)27-26-16-14(28(30)31)15(23-9-24-16)25-13-4-2-1-3-12(13)18(20,21)22/h1-9H,(H,27,29)(H2,23,24,25,26). The minimum absolute atomic E-state index is 0.200. The summed E-state index contributed by atoms with van der Waals surface area (Å²) in [6.07, 6.45) is -3.80. The third-order valence-electron chi connectivity index (χ3n) is 3.89. The molecule has 0 aliphatic heterocycles. The highest BCUT2D eigenvalue weighted by atomic mass is 35.5. The number of nitrogens with one attached hydrogen (secondary N) is 3. The molecule has 0 radical (unpaired) electrons. The molecule has 0 unspecified atom stereocenters. The second-order valence-corrected chi connectivity index (χ2v) is 6.37. The van der Waals surface area contributed by atoms with Crippen LogP contribution in [0.15, 0.2) is 54.9 Å². The second-order valence-electron chi connectivity index (χ2n) is 5.93. The number of para-hydroxylation sites is 1. The van der Waals surface area contributed by atoms with Crippen LogP contribution in [0.3, 0.4) is 0 Å². The Hall–Kier alpha value is -3.93. The molecule has 0 fully saturated rings. The molecular formula is C18H12ClF3N6O3. The number of alkyl halides is 3. The van der Waals surface area contributed by atoms with Crippen LogP contribution in [0.25, 0.3) is 0 Å².